The Kier molecular flexibility index (Phi) is 7.16. The normalized spacial score (nSPS) is 11.5. The molecule has 1 N–H and O–H groups in total. The number of rotatable bonds is 8. The first-order chi connectivity index (χ1) is 15.3. The fourth-order valence-corrected chi connectivity index (χ4v) is 3.44. The van der Waals surface area contributed by atoms with Crippen molar-refractivity contribution >= 4 is 17.7 Å². The van der Waals surface area contributed by atoms with Crippen LogP contribution >= 0.6 is 0 Å². The fraction of sp³-hybridized carbons (Fsp3) is 0.320. The van der Waals surface area contributed by atoms with Gasteiger partial charge < -0.3 is 19.2 Å². The van der Waals surface area contributed by atoms with Crippen LogP contribution in [0.3, 0.4) is 0 Å². The number of hydrogen-bond acceptors (Lipinski definition) is 4. The summed E-state index contributed by atoms with van der Waals surface area (Å²) in [6.07, 6.45) is 5.23. The van der Waals surface area contributed by atoms with Crippen molar-refractivity contribution in [2.24, 2.45) is 13.0 Å². The maximum atomic E-state index is 12.7. The van der Waals surface area contributed by atoms with Crippen LogP contribution in [0.2, 0.25) is 0 Å². The second-order valence-electron chi connectivity index (χ2n) is 8.22. The lowest BCUT2D eigenvalue weighted by atomic mass is 10.1. The lowest BCUT2D eigenvalue weighted by molar-refractivity contribution is -0.112. The highest BCUT2D eigenvalue weighted by Gasteiger charge is 2.14. The Bertz CT molecular complexity index is 1160. The minimum atomic E-state index is -0.442. The van der Waals surface area contributed by atoms with Crippen LogP contribution in [0.5, 0.6) is 5.75 Å². The Hall–Kier alpha value is -3.79. The van der Waals surface area contributed by atoms with E-state index in [4.69, 9.17) is 4.74 Å². The van der Waals surface area contributed by atoms with Gasteiger partial charge in [-0.3, -0.25) is 4.79 Å². The van der Waals surface area contributed by atoms with Crippen LogP contribution in [0, 0.1) is 31.1 Å². The van der Waals surface area contributed by atoms with Crippen LogP contribution in [0.15, 0.2) is 48.3 Å². The van der Waals surface area contributed by atoms with Crippen molar-refractivity contribution in [3.8, 4) is 11.8 Å². The third kappa shape index (κ3) is 5.46. The Morgan fingerprint density at radius 2 is 2.00 bits per heavy atom. The molecule has 0 aliphatic carbocycles. The number of aryl methyl sites for hydroxylation is 2. The molecular weight excluding hydrogens is 402 g/mol. The zero-order chi connectivity index (χ0) is 23.3. The molecule has 0 saturated heterocycles. The number of amides is 1. The van der Waals surface area contributed by atoms with E-state index in [9.17, 15) is 10.1 Å². The van der Waals surface area contributed by atoms with Gasteiger partial charge in [-0.25, -0.2) is 4.98 Å². The van der Waals surface area contributed by atoms with E-state index in [1.54, 1.807) is 36.5 Å². The fourth-order valence-electron chi connectivity index (χ4n) is 3.44. The van der Waals surface area contributed by atoms with E-state index in [2.05, 4.69) is 28.7 Å². The molecule has 0 spiro atoms. The molecule has 0 bridgehead atoms. The van der Waals surface area contributed by atoms with Crippen LogP contribution in [-0.4, -0.2) is 20.0 Å². The monoisotopic (exact) mass is 431 g/mol. The molecule has 0 unspecified atom stereocenters. The standard InChI is InChI=1S/C25H29N5O2/c1-17(2)15-30-18(3)12-20(19(30)4)13-21(14-26)25(31)28-22-6-8-23(9-7-22)32-16-24-27-10-11-29(24)5/h6-13,17H,15-16H2,1-5H3,(H,28,31). The summed E-state index contributed by atoms with van der Waals surface area (Å²) in [6.45, 7) is 9.63. The number of benzene rings is 1. The first kappa shape index (κ1) is 22.9. The smallest absolute Gasteiger partial charge is 0.266 e. The summed E-state index contributed by atoms with van der Waals surface area (Å²) in [5.74, 6) is 1.55. The zero-order valence-electron chi connectivity index (χ0n) is 19.2. The van der Waals surface area contributed by atoms with E-state index in [0.29, 0.717) is 24.0 Å². The SMILES string of the molecule is Cc1cc(C=C(C#N)C(=O)Nc2ccc(OCc3nccn3C)cc2)c(C)n1CC(C)C. The van der Waals surface area contributed by atoms with Crippen molar-refractivity contribution in [2.45, 2.75) is 40.8 Å². The summed E-state index contributed by atoms with van der Waals surface area (Å²) in [7, 11) is 1.91. The molecule has 7 nitrogen and oxygen atoms in total. The molecule has 0 atom stereocenters. The van der Waals surface area contributed by atoms with Gasteiger partial charge in [-0.2, -0.15) is 5.26 Å². The van der Waals surface area contributed by atoms with Gasteiger partial charge in [0.2, 0.25) is 0 Å². The van der Waals surface area contributed by atoms with E-state index in [1.165, 1.54) is 0 Å². The van der Waals surface area contributed by atoms with Crippen LogP contribution in [0.4, 0.5) is 5.69 Å². The Balaban J connectivity index is 1.67. The summed E-state index contributed by atoms with van der Waals surface area (Å²) >= 11 is 0. The van der Waals surface area contributed by atoms with Gasteiger partial charge in [0.1, 0.15) is 29.8 Å². The van der Waals surface area contributed by atoms with Crippen molar-refractivity contribution in [1.29, 1.82) is 5.26 Å². The number of ether oxygens (including phenoxy) is 1. The minimum absolute atomic E-state index is 0.0601. The van der Waals surface area contributed by atoms with Crippen molar-refractivity contribution in [1.82, 2.24) is 14.1 Å². The number of aromatic nitrogens is 3. The second-order valence-corrected chi connectivity index (χ2v) is 8.22. The molecule has 3 aromatic rings. The molecule has 32 heavy (non-hydrogen) atoms. The number of imidazole rings is 1. The lowest BCUT2D eigenvalue weighted by Gasteiger charge is -2.12. The van der Waals surface area contributed by atoms with Gasteiger partial charge in [-0.1, -0.05) is 13.8 Å². The van der Waals surface area contributed by atoms with Crippen LogP contribution < -0.4 is 10.1 Å². The molecule has 3 rings (SSSR count). The maximum absolute atomic E-state index is 12.7. The molecule has 0 aliphatic heterocycles. The molecule has 0 aliphatic rings. The van der Waals surface area contributed by atoms with Gasteiger partial charge in [-0.05, 0) is 61.7 Å². The number of carbonyl (C=O) groups is 1. The second kappa shape index (κ2) is 10.0. The molecular formula is C25H29N5O2. The summed E-state index contributed by atoms with van der Waals surface area (Å²) in [4.78, 5) is 16.9. The molecule has 1 aromatic carbocycles. The number of nitrogens with one attached hydrogen (secondary N) is 1. The number of anilines is 1. The molecule has 0 saturated carbocycles. The number of carbonyl (C=O) groups excluding carboxylic acids is 1. The predicted octanol–water partition coefficient (Wildman–Crippen LogP) is 4.62. The van der Waals surface area contributed by atoms with Gasteiger partial charge in [0, 0.05) is 43.1 Å². The zero-order valence-corrected chi connectivity index (χ0v) is 19.2. The van der Waals surface area contributed by atoms with Crippen molar-refractivity contribution in [3.63, 3.8) is 0 Å². The van der Waals surface area contributed by atoms with E-state index in [-0.39, 0.29) is 5.57 Å². The van der Waals surface area contributed by atoms with Crippen molar-refractivity contribution in [3.05, 3.63) is 71.1 Å². The van der Waals surface area contributed by atoms with Crippen LogP contribution in [-0.2, 0) is 25.0 Å². The summed E-state index contributed by atoms with van der Waals surface area (Å²) in [6, 6.07) is 11.1. The van der Waals surface area contributed by atoms with E-state index < -0.39 is 5.91 Å². The number of nitriles is 1. The lowest BCUT2D eigenvalue weighted by Crippen LogP contribution is -2.13. The average molecular weight is 432 g/mol. The third-order valence-electron chi connectivity index (χ3n) is 5.23. The van der Waals surface area contributed by atoms with Crippen molar-refractivity contribution < 1.29 is 9.53 Å². The van der Waals surface area contributed by atoms with Gasteiger partial charge >= 0.3 is 0 Å². The molecule has 2 heterocycles. The molecule has 7 heteroatoms. The van der Waals surface area contributed by atoms with E-state index >= 15 is 0 Å². The predicted molar refractivity (Wildman–Crippen MR) is 125 cm³/mol. The van der Waals surface area contributed by atoms with Crippen LogP contribution in [0.25, 0.3) is 6.08 Å². The van der Waals surface area contributed by atoms with Crippen LogP contribution in [0.1, 0.15) is 36.6 Å². The molecule has 0 fully saturated rings. The first-order valence-corrected chi connectivity index (χ1v) is 10.6. The summed E-state index contributed by atoms with van der Waals surface area (Å²) in [5.41, 5.74) is 3.69. The summed E-state index contributed by atoms with van der Waals surface area (Å²) < 4.78 is 9.84. The van der Waals surface area contributed by atoms with Crippen molar-refractivity contribution in [2.75, 3.05) is 5.32 Å². The van der Waals surface area contributed by atoms with Gasteiger partial charge in [-0.15, -0.1) is 0 Å². The van der Waals surface area contributed by atoms with Gasteiger partial charge in [0.25, 0.3) is 5.91 Å². The van der Waals surface area contributed by atoms with Gasteiger partial charge in [0.05, 0.1) is 0 Å². The van der Waals surface area contributed by atoms with E-state index in [1.807, 2.05) is 43.8 Å². The average Bonchev–Trinajstić information content (AvgIpc) is 3.28. The molecule has 1 amide bonds. The maximum Gasteiger partial charge on any atom is 0.266 e. The first-order valence-electron chi connectivity index (χ1n) is 10.6. The molecule has 2 aromatic heterocycles. The topological polar surface area (TPSA) is 84.9 Å². The van der Waals surface area contributed by atoms with E-state index in [0.717, 1.165) is 29.3 Å². The quantitative estimate of drug-likeness (QED) is 0.417. The third-order valence-corrected chi connectivity index (χ3v) is 5.23. The highest BCUT2D eigenvalue weighted by atomic mass is 16.5. The minimum Gasteiger partial charge on any atom is -0.486 e. The van der Waals surface area contributed by atoms with Gasteiger partial charge in [0.15, 0.2) is 0 Å². The Morgan fingerprint density at radius 1 is 1.28 bits per heavy atom. The number of nitrogens with zero attached hydrogens (tertiary/aromatic N) is 4. The number of hydrogen-bond donors (Lipinski definition) is 1. The largest absolute Gasteiger partial charge is 0.486 e. The Labute approximate surface area is 189 Å². The highest BCUT2D eigenvalue weighted by molar-refractivity contribution is 6.09. The molecule has 0 radical (unpaired) electrons. The highest BCUT2D eigenvalue weighted by Crippen LogP contribution is 2.21. The molecule has 166 valence electrons. The Morgan fingerprint density at radius 3 is 2.59 bits per heavy atom. The summed E-state index contributed by atoms with van der Waals surface area (Å²) in [5, 5.41) is 12.3.